The fraction of sp³-hybridized carbons (Fsp3) is 0.464. The number of likely N-dealkylation sites (N-methyl/N-ethyl adjacent to an activating group) is 1. The van der Waals surface area contributed by atoms with Gasteiger partial charge in [0.25, 0.3) is 5.91 Å². The summed E-state index contributed by atoms with van der Waals surface area (Å²) >= 11 is 0. The molecule has 4 amide bonds. The number of carbonyl (C=O) groups excluding carboxylic acids is 3. The predicted octanol–water partition coefficient (Wildman–Crippen LogP) is 3.15. The highest BCUT2D eigenvalue weighted by atomic mass is 16.7. The molecule has 1 aliphatic carbocycles. The molecular formula is C28H34N4O7. The lowest BCUT2D eigenvalue weighted by molar-refractivity contribution is -0.117. The number of carbonyl (C=O) groups is 3. The summed E-state index contributed by atoms with van der Waals surface area (Å²) in [6.45, 7) is 4.19. The quantitative estimate of drug-likeness (QED) is 0.494. The number of aliphatic hydroxyl groups is 1. The van der Waals surface area contributed by atoms with Gasteiger partial charge in [-0.1, -0.05) is 13.0 Å². The second kappa shape index (κ2) is 11.0. The van der Waals surface area contributed by atoms with Gasteiger partial charge in [0.1, 0.15) is 6.10 Å². The second-order valence-electron chi connectivity index (χ2n) is 10.4. The monoisotopic (exact) mass is 538 g/mol. The topological polar surface area (TPSA) is 130 Å². The number of hydrogen-bond acceptors (Lipinski definition) is 7. The van der Waals surface area contributed by atoms with Crippen molar-refractivity contribution < 1.29 is 33.7 Å². The lowest BCUT2D eigenvalue weighted by Crippen LogP contribution is -2.50. The number of nitrogens with one attached hydrogen (secondary N) is 2. The number of benzene rings is 2. The van der Waals surface area contributed by atoms with Crippen LogP contribution < -0.4 is 24.8 Å². The third-order valence-electron chi connectivity index (χ3n) is 7.32. The number of ether oxygens (including phenoxy) is 3. The molecule has 39 heavy (non-hydrogen) atoms. The Morgan fingerprint density at radius 1 is 1.15 bits per heavy atom. The minimum absolute atomic E-state index is 0.0308. The number of urea groups is 1. The van der Waals surface area contributed by atoms with Gasteiger partial charge in [-0.15, -0.1) is 0 Å². The maximum atomic E-state index is 13.6. The van der Waals surface area contributed by atoms with Crippen LogP contribution in [-0.2, 0) is 4.79 Å². The van der Waals surface area contributed by atoms with Crippen molar-refractivity contribution >= 4 is 29.2 Å². The molecule has 2 aromatic rings. The first-order valence-corrected chi connectivity index (χ1v) is 13.2. The Kier molecular flexibility index (Phi) is 7.51. The molecule has 0 saturated heterocycles. The number of aliphatic hydroxyl groups excluding tert-OH is 1. The molecule has 1 saturated carbocycles. The molecule has 208 valence electrons. The summed E-state index contributed by atoms with van der Waals surface area (Å²) in [5, 5.41) is 15.7. The van der Waals surface area contributed by atoms with E-state index in [9.17, 15) is 19.5 Å². The normalized spacial score (nSPS) is 20.7. The molecule has 0 aromatic heterocycles. The van der Waals surface area contributed by atoms with E-state index in [1.807, 2.05) is 6.92 Å². The van der Waals surface area contributed by atoms with Crippen molar-refractivity contribution in [2.45, 2.75) is 38.8 Å². The third kappa shape index (κ3) is 5.73. The van der Waals surface area contributed by atoms with E-state index < -0.39 is 12.1 Å². The van der Waals surface area contributed by atoms with Gasteiger partial charge in [0.05, 0.1) is 30.4 Å². The molecule has 11 heteroatoms. The highest BCUT2D eigenvalue weighted by Crippen LogP contribution is 2.37. The zero-order chi connectivity index (χ0) is 27.7. The van der Waals surface area contributed by atoms with Gasteiger partial charge in [-0.25, -0.2) is 4.79 Å². The molecule has 11 nitrogen and oxygen atoms in total. The number of para-hydroxylation sites is 1. The Morgan fingerprint density at radius 3 is 2.67 bits per heavy atom. The van der Waals surface area contributed by atoms with Crippen LogP contribution in [-0.4, -0.2) is 78.4 Å². The number of nitrogens with zero attached hydrogens (tertiary/aromatic N) is 2. The first kappa shape index (κ1) is 26.6. The Balaban J connectivity index is 1.39. The summed E-state index contributed by atoms with van der Waals surface area (Å²) in [7, 11) is 1.66. The molecule has 3 N–H and O–H groups in total. The zero-order valence-corrected chi connectivity index (χ0v) is 22.3. The van der Waals surface area contributed by atoms with E-state index in [-0.39, 0.29) is 55.4 Å². The molecule has 0 spiro atoms. The van der Waals surface area contributed by atoms with Gasteiger partial charge >= 0.3 is 6.03 Å². The van der Waals surface area contributed by atoms with Crippen LogP contribution in [0.3, 0.4) is 0 Å². The average Bonchev–Trinajstić information content (AvgIpc) is 3.68. The van der Waals surface area contributed by atoms with E-state index in [0.29, 0.717) is 35.0 Å². The van der Waals surface area contributed by atoms with E-state index in [2.05, 4.69) is 10.6 Å². The van der Waals surface area contributed by atoms with Crippen molar-refractivity contribution in [3.63, 3.8) is 0 Å². The summed E-state index contributed by atoms with van der Waals surface area (Å²) in [6, 6.07) is 9.47. The number of rotatable bonds is 7. The minimum Gasteiger partial charge on any atom is -0.485 e. The van der Waals surface area contributed by atoms with Gasteiger partial charge in [-0.2, -0.15) is 0 Å². The first-order valence-electron chi connectivity index (χ1n) is 13.2. The summed E-state index contributed by atoms with van der Waals surface area (Å²) < 4.78 is 17.2. The number of amides is 4. The van der Waals surface area contributed by atoms with Gasteiger partial charge in [-0.3, -0.25) is 9.59 Å². The van der Waals surface area contributed by atoms with Gasteiger partial charge in [0, 0.05) is 37.2 Å². The van der Waals surface area contributed by atoms with Crippen molar-refractivity contribution in [2.24, 2.45) is 11.8 Å². The largest absolute Gasteiger partial charge is 0.485 e. The lowest BCUT2D eigenvalue weighted by atomic mass is 9.99. The molecule has 5 rings (SSSR count). The predicted molar refractivity (Wildman–Crippen MR) is 143 cm³/mol. The van der Waals surface area contributed by atoms with Crippen LogP contribution >= 0.6 is 0 Å². The van der Waals surface area contributed by atoms with Gasteiger partial charge in [0.2, 0.25) is 12.7 Å². The van der Waals surface area contributed by atoms with Crippen LogP contribution in [0.25, 0.3) is 0 Å². The molecule has 1 fully saturated rings. The van der Waals surface area contributed by atoms with Crippen molar-refractivity contribution in [1.29, 1.82) is 0 Å². The summed E-state index contributed by atoms with van der Waals surface area (Å²) in [6.07, 6.45) is 1.16. The number of anilines is 2. The first-order chi connectivity index (χ1) is 18.7. The van der Waals surface area contributed by atoms with E-state index >= 15 is 0 Å². The van der Waals surface area contributed by atoms with E-state index in [1.54, 1.807) is 55.3 Å². The molecule has 0 radical (unpaired) electrons. The maximum Gasteiger partial charge on any atom is 0.321 e. The fourth-order valence-electron chi connectivity index (χ4n) is 4.69. The van der Waals surface area contributed by atoms with Gasteiger partial charge < -0.3 is 39.8 Å². The molecule has 2 aromatic carbocycles. The van der Waals surface area contributed by atoms with Crippen LogP contribution in [0, 0.1) is 11.8 Å². The molecular weight excluding hydrogens is 504 g/mol. The van der Waals surface area contributed by atoms with Crippen LogP contribution in [0.15, 0.2) is 36.4 Å². The lowest BCUT2D eigenvalue weighted by Gasteiger charge is -2.38. The maximum absolute atomic E-state index is 13.6. The molecule has 3 aliphatic rings. The van der Waals surface area contributed by atoms with Gasteiger partial charge in [-0.05, 0) is 44.0 Å². The Labute approximate surface area is 227 Å². The van der Waals surface area contributed by atoms with Crippen molar-refractivity contribution in [3.05, 3.63) is 42.0 Å². The van der Waals surface area contributed by atoms with Crippen LogP contribution in [0.5, 0.6) is 17.2 Å². The van der Waals surface area contributed by atoms with Crippen molar-refractivity contribution in [1.82, 2.24) is 9.80 Å². The highest BCUT2D eigenvalue weighted by molar-refractivity contribution is 6.02. The average molecular weight is 539 g/mol. The SMILES string of the molecule is C[C@H](CO)N1C[C@H](C)[C@@H](CN(C)C(=O)Nc2ccc3c(c2)OCO3)Oc2c(NC(=O)C3CC3)cccc2C1=O. The minimum atomic E-state index is -0.517. The zero-order valence-electron chi connectivity index (χ0n) is 22.3. The van der Waals surface area contributed by atoms with E-state index in [4.69, 9.17) is 14.2 Å². The van der Waals surface area contributed by atoms with Crippen LogP contribution in [0.1, 0.15) is 37.0 Å². The van der Waals surface area contributed by atoms with E-state index in [1.165, 1.54) is 4.90 Å². The van der Waals surface area contributed by atoms with Crippen LogP contribution in [0.2, 0.25) is 0 Å². The number of fused-ring (bicyclic) bond motifs is 2. The molecule has 2 heterocycles. The van der Waals surface area contributed by atoms with Crippen molar-refractivity contribution in [3.8, 4) is 17.2 Å². The molecule has 3 atom stereocenters. The second-order valence-corrected chi connectivity index (χ2v) is 10.4. The highest BCUT2D eigenvalue weighted by Gasteiger charge is 2.36. The van der Waals surface area contributed by atoms with Crippen LogP contribution in [0.4, 0.5) is 16.2 Å². The fourth-order valence-corrected chi connectivity index (χ4v) is 4.69. The summed E-state index contributed by atoms with van der Waals surface area (Å²) in [4.78, 5) is 42.4. The number of hydrogen-bond donors (Lipinski definition) is 3. The summed E-state index contributed by atoms with van der Waals surface area (Å²) in [5.74, 6) is 0.832. The Morgan fingerprint density at radius 2 is 1.92 bits per heavy atom. The third-order valence-corrected chi connectivity index (χ3v) is 7.32. The summed E-state index contributed by atoms with van der Waals surface area (Å²) in [5.41, 5.74) is 1.28. The standard InChI is InChI=1S/C28H34N4O7/c1-16-12-32(17(2)14-33)27(35)20-5-4-6-21(30-26(34)18-7-8-18)25(20)39-24(16)13-31(3)28(36)29-19-9-10-22-23(11-19)38-15-37-22/h4-6,9-11,16-18,24,33H,7-8,12-15H2,1-3H3,(H,29,36)(H,30,34)/t16-,17+,24+/m0/s1. The molecule has 0 unspecified atom stereocenters. The smallest absolute Gasteiger partial charge is 0.321 e. The van der Waals surface area contributed by atoms with E-state index in [0.717, 1.165) is 12.8 Å². The molecule has 0 bridgehead atoms. The van der Waals surface area contributed by atoms with Crippen molar-refractivity contribution in [2.75, 3.05) is 44.2 Å². The Hall–Kier alpha value is -3.99. The van der Waals surface area contributed by atoms with Gasteiger partial charge in [0.15, 0.2) is 17.2 Å². The molecule has 2 aliphatic heterocycles. The Bertz CT molecular complexity index is 1260.